The third-order valence-corrected chi connectivity index (χ3v) is 3.38. The Morgan fingerprint density at radius 2 is 2.11 bits per heavy atom. The third-order valence-electron chi connectivity index (χ3n) is 3.38. The molecule has 0 radical (unpaired) electrons. The highest BCUT2D eigenvalue weighted by Crippen LogP contribution is 2.19. The Labute approximate surface area is 114 Å². The van der Waals surface area contributed by atoms with Gasteiger partial charge in [0.1, 0.15) is 0 Å². The first-order valence-electron chi connectivity index (χ1n) is 6.87. The highest BCUT2D eigenvalue weighted by atomic mass is 16.5. The lowest BCUT2D eigenvalue weighted by Gasteiger charge is -2.34. The molecule has 1 aromatic carbocycles. The van der Waals surface area contributed by atoms with Gasteiger partial charge in [-0.15, -0.1) is 0 Å². The molecule has 1 atom stereocenters. The van der Waals surface area contributed by atoms with E-state index in [2.05, 4.69) is 10.6 Å². The quantitative estimate of drug-likeness (QED) is 0.876. The summed E-state index contributed by atoms with van der Waals surface area (Å²) in [6.07, 6.45) is 1.96. The van der Waals surface area contributed by atoms with Gasteiger partial charge >= 0.3 is 0 Å². The van der Waals surface area contributed by atoms with E-state index in [1.807, 2.05) is 38.1 Å². The average Bonchev–Trinajstić information content (AvgIpc) is 2.40. The molecule has 1 aromatic rings. The number of rotatable bonds is 4. The van der Waals surface area contributed by atoms with Crippen LogP contribution in [0, 0.1) is 0 Å². The molecule has 1 aliphatic heterocycles. The largest absolute Gasteiger partial charge is 0.385 e. The van der Waals surface area contributed by atoms with Crippen molar-refractivity contribution in [2.24, 2.45) is 0 Å². The minimum absolute atomic E-state index is 0.0314. The fraction of sp³-hybridized carbons (Fsp3) is 0.533. The van der Waals surface area contributed by atoms with Gasteiger partial charge in [0.25, 0.3) is 5.91 Å². The van der Waals surface area contributed by atoms with Gasteiger partial charge in [0, 0.05) is 24.4 Å². The summed E-state index contributed by atoms with van der Waals surface area (Å²) < 4.78 is 5.45. The number of hydrogen-bond donors (Lipinski definition) is 2. The smallest absolute Gasteiger partial charge is 0.251 e. The summed E-state index contributed by atoms with van der Waals surface area (Å²) in [5, 5.41) is 6.29. The summed E-state index contributed by atoms with van der Waals surface area (Å²) in [5.41, 5.74) is 1.48. The second kappa shape index (κ2) is 6.06. The molecule has 1 aliphatic rings. The molecule has 0 aromatic heterocycles. The van der Waals surface area contributed by atoms with E-state index in [9.17, 15) is 4.79 Å². The van der Waals surface area contributed by atoms with Crippen LogP contribution in [0.1, 0.15) is 37.0 Å². The van der Waals surface area contributed by atoms with Crippen LogP contribution >= 0.6 is 0 Å². The van der Waals surface area contributed by atoms with E-state index in [1.165, 1.54) is 0 Å². The summed E-state index contributed by atoms with van der Waals surface area (Å²) in [6, 6.07) is 7.55. The van der Waals surface area contributed by atoms with Gasteiger partial charge in [0.15, 0.2) is 0 Å². The second-order valence-corrected chi connectivity index (χ2v) is 5.28. The third kappa shape index (κ3) is 3.70. The Kier molecular flexibility index (Phi) is 4.43. The molecule has 19 heavy (non-hydrogen) atoms. The maximum Gasteiger partial charge on any atom is 0.251 e. The lowest BCUT2D eigenvalue weighted by atomic mass is 9.94. The first-order chi connectivity index (χ1) is 9.13. The molecular weight excluding hydrogens is 240 g/mol. The van der Waals surface area contributed by atoms with Crippen molar-refractivity contribution in [1.29, 1.82) is 0 Å². The Hall–Kier alpha value is -1.55. The van der Waals surface area contributed by atoms with E-state index in [4.69, 9.17) is 4.74 Å². The molecule has 2 N–H and O–H groups in total. The van der Waals surface area contributed by atoms with Crippen molar-refractivity contribution in [2.45, 2.75) is 32.2 Å². The maximum atomic E-state index is 12.2. The summed E-state index contributed by atoms with van der Waals surface area (Å²) in [6.45, 7) is 6.35. The van der Waals surface area contributed by atoms with Crippen molar-refractivity contribution < 1.29 is 9.53 Å². The summed E-state index contributed by atoms with van der Waals surface area (Å²) in [7, 11) is 0. The van der Waals surface area contributed by atoms with Crippen LogP contribution in [0.15, 0.2) is 24.3 Å². The average molecular weight is 262 g/mol. The standard InChI is InChI=1S/C15H22N2O2/c1-3-16-13-7-5-12(6-8-13)14(18)17-15(2)9-4-10-19-11-15/h5-8,16H,3-4,9-11H2,1-2H3,(H,17,18). The molecule has 0 aliphatic carbocycles. The number of carbonyl (C=O) groups is 1. The number of carbonyl (C=O) groups excluding carboxylic acids is 1. The molecule has 1 amide bonds. The number of anilines is 1. The van der Waals surface area contributed by atoms with Crippen molar-refractivity contribution in [3.63, 3.8) is 0 Å². The van der Waals surface area contributed by atoms with E-state index >= 15 is 0 Å². The van der Waals surface area contributed by atoms with Gasteiger partial charge in [-0.3, -0.25) is 4.79 Å². The van der Waals surface area contributed by atoms with Gasteiger partial charge in [-0.05, 0) is 51.0 Å². The van der Waals surface area contributed by atoms with E-state index in [0.717, 1.165) is 31.7 Å². The maximum absolute atomic E-state index is 12.2. The highest BCUT2D eigenvalue weighted by Gasteiger charge is 2.29. The molecule has 104 valence electrons. The van der Waals surface area contributed by atoms with E-state index < -0.39 is 0 Å². The minimum Gasteiger partial charge on any atom is -0.385 e. The van der Waals surface area contributed by atoms with Crippen molar-refractivity contribution in [2.75, 3.05) is 25.1 Å². The van der Waals surface area contributed by atoms with Gasteiger partial charge in [0.05, 0.1) is 12.1 Å². The molecule has 1 fully saturated rings. The lowest BCUT2D eigenvalue weighted by molar-refractivity contribution is 0.0272. The Morgan fingerprint density at radius 3 is 2.68 bits per heavy atom. The number of ether oxygens (including phenoxy) is 1. The van der Waals surface area contributed by atoms with Crippen LogP contribution in [-0.4, -0.2) is 31.2 Å². The molecule has 1 saturated heterocycles. The van der Waals surface area contributed by atoms with Gasteiger partial charge in [-0.25, -0.2) is 0 Å². The summed E-state index contributed by atoms with van der Waals surface area (Å²) in [4.78, 5) is 12.2. The van der Waals surface area contributed by atoms with Crippen LogP contribution in [0.3, 0.4) is 0 Å². The first kappa shape index (κ1) is 13.9. The first-order valence-corrected chi connectivity index (χ1v) is 6.87. The molecule has 0 saturated carbocycles. The number of benzene rings is 1. The number of amides is 1. The van der Waals surface area contributed by atoms with Gasteiger partial charge in [-0.1, -0.05) is 0 Å². The zero-order valence-electron chi connectivity index (χ0n) is 11.7. The van der Waals surface area contributed by atoms with Crippen LogP contribution < -0.4 is 10.6 Å². The van der Waals surface area contributed by atoms with Crippen LogP contribution in [0.25, 0.3) is 0 Å². The predicted molar refractivity (Wildman–Crippen MR) is 76.5 cm³/mol. The SMILES string of the molecule is CCNc1ccc(C(=O)NC2(C)CCCOC2)cc1. The van der Waals surface area contributed by atoms with E-state index in [-0.39, 0.29) is 11.4 Å². The molecule has 4 heteroatoms. The normalized spacial score (nSPS) is 22.8. The van der Waals surface area contributed by atoms with Gasteiger partial charge < -0.3 is 15.4 Å². The van der Waals surface area contributed by atoms with E-state index in [1.54, 1.807) is 0 Å². The monoisotopic (exact) mass is 262 g/mol. The van der Waals surface area contributed by atoms with Crippen molar-refractivity contribution in [1.82, 2.24) is 5.32 Å². The molecule has 1 heterocycles. The molecular formula is C15H22N2O2. The predicted octanol–water partition coefficient (Wildman–Crippen LogP) is 2.42. The molecule has 1 unspecified atom stereocenters. The fourth-order valence-electron chi connectivity index (χ4n) is 2.32. The van der Waals surface area contributed by atoms with Crippen LogP contribution in [-0.2, 0) is 4.74 Å². The van der Waals surface area contributed by atoms with Crippen LogP contribution in [0.5, 0.6) is 0 Å². The molecule has 4 nitrogen and oxygen atoms in total. The highest BCUT2D eigenvalue weighted by molar-refractivity contribution is 5.95. The molecule has 0 spiro atoms. The summed E-state index contributed by atoms with van der Waals surface area (Å²) >= 11 is 0. The zero-order chi connectivity index (χ0) is 13.7. The van der Waals surface area contributed by atoms with Crippen molar-refractivity contribution in [3.8, 4) is 0 Å². The second-order valence-electron chi connectivity index (χ2n) is 5.28. The molecule has 0 bridgehead atoms. The minimum atomic E-state index is -0.240. The van der Waals surface area contributed by atoms with Crippen LogP contribution in [0.4, 0.5) is 5.69 Å². The fourth-order valence-corrected chi connectivity index (χ4v) is 2.32. The zero-order valence-corrected chi connectivity index (χ0v) is 11.7. The van der Waals surface area contributed by atoms with Crippen molar-refractivity contribution >= 4 is 11.6 Å². The van der Waals surface area contributed by atoms with Gasteiger partial charge in [0.2, 0.25) is 0 Å². The van der Waals surface area contributed by atoms with Crippen molar-refractivity contribution in [3.05, 3.63) is 29.8 Å². The van der Waals surface area contributed by atoms with E-state index in [0.29, 0.717) is 12.2 Å². The molecule has 2 rings (SSSR count). The lowest BCUT2D eigenvalue weighted by Crippen LogP contribution is -2.51. The van der Waals surface area contributed by atoms with Crippen LogP contribution in [0.2, 0.25) is 0 Å². The van der Waals surface area contributed by atoms with Gasteiger partial charge in [-0.2, -0.15) is 0 Å². The number of nitrogens with one attached hydrogen (secondary N) is 2. The topological polar surface area (TPSA) is 50.4 Å². The Bertz CT molecular complexity index is 422. The Morgan fingerprint density at radius 1 is 1.37 bits per heavy atom. The number of hydrogen-bond acceptors (Lipinski definition) is 3. The Balaban J connectivity index is 1.99. The summed E-state index contributed by atoms with van der Waals surface area (Å²) in [5.74, 6) is -0.0314.